The van der Waals surface area contributed by atoms with Crippen molar-refractivity contribution in [3.8, 4) is 0 Å². The fraction of sp³-hybridized carbons (Fsp3) is 1.00. The van der Waals surface area contributed by atoms with Crippen molar-refractivity contribution in [2.24, 2.45) is 5.73 Å². The first-order valence-corrected chi connectivity index (χ1v) is 9.10. The van der Waals surface area contributed by atoms with E-state index in [1.807, 2.05) is 0 Å². The molecule has 0 amide bonds. The Morgan fingerprint density at radius 2 is 1.95 bits per heavy atom. The topological polar surface area (TPSA) is 41.7 Å². The van der Waals surface area contributed by atoms with Crippen molar-refractivity contribution in [3.63, 3.8) is 0 Å². The molecule has 1 saturated carbocycles. The molecule has 3 atom stereocenters. The molecule has 3 rings (SSSR count). The van der Waals surface area contributed by atoms with E-state index in [0.717, 1.165) is 19.7 Å². The Labute approximate surface area is 130 Å². The first kappa shape index (κ1) is 15.7. The monoisotopic (exact) mass is 295 g/mol. The third-order valence-corrected chi connectivity index (χ3v) is 6.18. The van der Waals surface area contributed by atoms with E-state index in [4.69, 9.17) is 10.5 Å². The molecule has 0 spiro atoms. The van der Waals surface area contributed by atoms with Crippen LogP contribution < -0.4 is 5.73 Å². The summed E-state index contributed by atoms with van der Waals surface area (Å²) in [5.74, 6) is 0. The summed E-state index contributed by atoms with van der Waals surface area (Å²) < 4.78 is 6.07. The second-order valence-corrected chi connectivity index (χ2v) is 7.17. The van der Waals surface area contributed by atoms with E-state index < -0.39 is 0 Å². The van der Waals surface area contributed by atoms with E-state index in [9.17, 15) is 0 Å². The van der Waals surface area contributed by atoms with Crippen LogP contribution in [0.2, 0.25) is 0 Å². The first-order valence-electron chi connectivity index (χ1n) is 9.10. The van der Waals surface area contributed by atoms with Crippen LogP contribution >= 0.6 is 0 Å². The maximum absolute atomic E-state index is 6.35. The quantitative estimate of drug-likeness (QED) is 0.862. The predicted molar refractivity (Wildman–Crippen MR) is 86.5 cm³/mol. The molecule has 2 saturated heterocycles. The van der Waals surface area contributed by atoms with Crippen molar-refractivity contribution < 1.29 is 4.74 Å². The van der Waals surface area contributed by atoms with E-state index in [0.29, 0.717) is 12.1 Å². The summed E-state index contributed by atoms with van der Waals surface area (Å²) in [6, 6.07) is 0.629. The van der Waals surface area contributed by atoms with Gasteiger partial charge in [0.05, 0.1) is 12.7 Å². The third-order valence-electron chi connectivity index (χ3n) is 6.18. The number of fused-ring (bicyclic) bond motifs is 1. The fourth-order valence-corrected chi connectivity index (χ4v) is 4.84. The molecule has 4 heteroatoms. The van der Waals surface area contributed by atoms with Crippen molar-refractivity contribution in [1.82, 2.24) is 9.80 Å². The van der Waals surface area contributed by atoms with Crippen molar-refractivity contribution in [2.45, 2.75) is 69.6 Å². The molecule has 4 nitrogen and oxygen atoms in total. The number of ether oxygens (including phenoxy) is 1. The van der Waals surface area contributed by atoms with E-state index in [1.165, 1.54) is 64.6 Å². The Morgan fingerprint density at radius 3 is 2.76 bits per heavy atom. The number of likely N-dealkylation sites (tertiary alicyclic amines) is 1. The molecule has 3 aliphatic rings. The van der Waals surface area contributed by atoms with Crippen LogP contribution in [0.3, 0.4) is 0 Å². The predicted octanol–water partition coefficient (Wildman–Crippen LogP) is 1.83. The molecule has 2 aliphatic heterocycles. The molecule has 0 aromatic rings. The molecule has 0 bridgehead atoms. The van der Waals surface area contributed by atoms with Crippen LogP contribution in [0.25, 0.3) is 0 Å². The first-order chi connectivity index (χ1) is 10.3. The van der Waals surface area contributed by atoms with Gasteiger partial charge in [0.1, 0.15) is 0 Å². The molecule has 122 valence electrons. The highest BCUT2D eigenvalue weighted by Gasteiger charge is 2.45. The molecule has 3 fully saturated rings. The van der Waals surface area contributed by atoms with Gasteiger partial charge in [-0.1, -0.05) is 19.8 Å². The molecule has 2 N–H and O–H groups in total. The summed E-state index contributed by atoms with van der Waals surface area (Å²) in [7, 11) is 0. The number of nitrogens with zero attached hydrogens (tertiary/aromatic N) is 2. The van der Waals surface area contributed by atoms with Crippen molar-refractivity contribution in [1.29, 1.82) is 0 Å². The normalized spacial score (nSPS) is 39.7. The lowest BCUT2D eigenvalue weighted by Gasteiger charge is -2.53. The van der Waals surface area contributed by atoms with Crippen LogP contribution in [0.15, 0.2) is 0 Å². The lowest BCUT2D eigenvalue weighted by molar-refractivity contribution is -0.128. The number of nitrogens with two attached hydrogens (primary N) is 1. The number of hydrogen-bond donors (Lipinski definition) is 1. The van der Waals surface area contributed by atoms with Crippen LogP contribution in [0, 0.1) is 0 Å². The van der Waals surface area contributed by atoms with Gasteiger partial charge in [-0.2, -0.15) is 0 Å². The van der Waals surface area contributed by atoms with Crippen LogP contribution in [-0.2, 0) is 4.74 Å². The van der Waals surface area contributed by atoms with Gasteiger partial charge in [-0.15, -0.1) is 0 Å². The third kappa shape index (κ3) is 3.14. The van der Waals surface area contributed by atoms with Gasteiger partial charge >= 0.3 is 0 Å². The van der Waals surface area contributed by atoms with Crippen molar-refractivity contribution >= 4 is 0 Å². The Bertz CT molecular complexity index is 336. The molecule has 0 aromatic heterocycles. The molecule has 2 heterocycles. The van der Waals surface area contributed by atoms with Gasteiger partial charge in [-0.05, 0) is 51.7 Å². The maximum Gasteiger partial charge on any atom is 0.0731 e. The van der Waals surface area contributed by atoms with Crippen molar-refractivity contribution in [2.75, 3.05) is 39.3 Å². The minimum Gasteiger partial charge on any atom is -0.375 e. The maximum atomic E-state index is 6.35. The Hall–Kier alpha value is -0.160. The summed E-state index contributed by atoms with van der Waals surface area (Å²) in [6.45, 7) is 8.72. The highest BCUT2D eigenvalue weighted by Crippen LogP contribution is 2.37. The van der Waals surface area contributed by atoms with E-state index in [2.05, 4.69) is 16.7 Å². The fourth-order valence-electron chi connectivity index (χ4n) is 4.84. The van der Waals surface area contributed by atoms with E-state index >= 15 is 0 Å². The summed E-state index contributed by atoms with van der Waals surface area (Å²) in [4.78, 5) is 5.38. The highest BCUT2D eigenvalue weighted by atomic mass is 16.5. The SMILES string of the molecule is CCN1CCCC(CN)(N2CCOC3CCCCC32)CC1. The van der Waals surface area contributed by atoms with Gasteiger partial charge in [0.15, 0.2) is 0 Å². The molecule has 1 aliphatic carbocycles. The summed E-state index contributed by atoms with van der Waals surface area (Å²) in [5, 5.41) is 0. The molecule has 0 aromatic carbocycles. The summed E-state index contributed by atoms with van der Waals surface area (Å²) >= 11 is 0. The van der Waals surface area contributed by atoms with Gasteiger partial charge in [-0.25, -0.2) is 0 Å². The molecular formula is C17H33N3O. The Morgan fingerprint density at radius 1 is 1.10 bits per heavy atom. The average molecular weight is 295 g/mol. The zero-order valence-corrected chi connectivity index (χ0v) is 13.7. The van der Waals surface area contributed by atoms with Gasteiger partial charge in [0.25, 0.3) is 0 Å². The van der Waals surface area contributed by atoms with Gasteiger partial charge in [0, 0.05) is 24.7 Å². The highest BCUT2D eigenvalue weighted by molar-refractivity contribution is 5.01. The standard InChI is InChI=1S/C17H33N3O/c1-2-19-10-5-8-17(14-18,9-11-19)20-12-13-21-16-7-4-3-6-15(16)20/h15-16H,2-14,18H2,1H3. The van der Waals surface area contributed by atoms with E-state index in [1.54, 1.807) is 0 Å². The van der Waals surface area contributed by atoms with E-state index in [-0.39, 0.29) is 5.54 Å². The Kier molecular flexibility index (Phi) is 5.20. The number of hydrogen-bond acceptors (Lipinski definition) is 4. The molecule has 21 heavy (non-hydrogen) atoms. The lowest BCUT2D eigenvalue weighted by atomic mass is 9.82. The van der Waals surface area contributed by atoms with Gasteiger partial charge in [-0.3, -0.25) is 4.90 Å². The molecule has 0 radical (unpaired) electrons. The lowest BCUT2D eigenvalue weighted by Crippen LogP contribution is -2.64. The zero-order valence-electron chi connectivity index (χ0n) is 13.7. The van der Waals surface area contributed by atoms with Crippen LogP contribution in [0.4, 0.5) is 0 Å². The van der Waals surface area contributed by atoms with Gasteiger partial charge < -0.3 is 15.4 Å². The minimum absolute atomic E-state index is 0.230. The van der Waals surface area contributed by atoms with Crippen LogP contribution in [0.5, 0.6) is 0 Å². The number of morpholine rings is 1. The summed E-state index contributed by atoms with van der Waals surface area (Å²) in [6.07, 6.45) is 9.54. The van der Waals surface area contributed by atoms with Crippen LogP contribution in [0.1, 0.15) is 51.9 Å². The molecular weight excluding hydrogens is 262 g/mol. The smallest absolute Gasteiger partial charge is 0.0731 e. The summed E-state index contributed by atoms with van der Waals surface area (Å²) in [5.41, 5.74) is 6.58. The Balaban J connectivity index is 1.77. The van der Waals surface area contributed by atoms with Gasteiger partial charge in [0.2, 0.25) is 0 Å². The minimum atomic E-state index is 0.230. The zero-order chi connectivity index (χ0) is 14.7. The largest absolute Gasteiger partial charge is 0.375 e. The molecule has 3 unspecified atom stereocenters. The second kappa shape index (κ2) is 6.95. The van der Waals surface area contributed by atoms with Crippen LogP contribution in [-0.4, -0.2) is 66.8 Å². The number of rotatable bonds is 3. The second-order valence-electron chi connectivity index (χ2n) is 7.17. The average Bonchev–Trinajstić information content (AvgIpc) is 2.77. The van der Waals surface area contributed by atoms with Crippen molar-refractivity contribution in [3.05, 3.63) is 0 Å².